The van der Waals surface area contributed by atoms with Gasteiger partial charge >= 0.3 is 12.0 Å². The fourth-order valence-electron chi connectivity index (χ4n) is 2.74. The van der Waals surface area contributed by atoms with Gasteiger partial charge in [0.05, 0.1) is 24.4 Å². The predicted molar refractivity (Wildman–Crippen MR) is 89.1 cm³/mol. The number of esters is 1. The fraction of sp³-hybridized carbons (Fsp3) is 0.438. The summed E-state index contributed by atoms with van der Waals surface area (Å²) in [5, 5.41) is 6.80. The normalized spacial score (nSPS) is 17.2. The molecule has 3 rings (SSSR count). The molecule has 9 nitrogen and oxygen atoms in total. The average molecular weight is 344 g/mol. The van der Waals surface area contributed by atoms with E-state index >= 15 is 0 Å². The van der Waals surface area contributed by atoms with Crippen LogP contribution in [0.4, 0.5) is 10.5 Å². The number of aromatic nitrogens is 4. The number of carbonyl (C=O) groups excluding carboxylic acids is 2. The van der Waals surface area contributed by atoms with Gasteiger partial charge < -0.3 is 15.0 Å². The number of likely N-dealkylation sites (tertiary alicyclic amines) is 1. The number of nitrogens with zero attached hydrogens (tertiary/aromatic N) is 5. The third kappa shape index (κ3) is 4.11. The summed E-state index contributed by atoms with van der Waals surface area (Å²) in [5.41, 5.74) is 0.576. The summed E-state index contributed by atoms with van der Waals surface area (Å²) >= 11 is 0. The molecule has 9 heteroatoms. The third-order valence-corrected chi connectivity index (χ3v) is 3.98. The summed E-state index contributed by atoms with van der Waals surface area (Å²) in [5.74, 6) is 0.113. The van der Waals surface area contributed by atoms with Gasteiger partial charge in [0.1, 0.15) is 12.7 Å². The van der Waals surface area contributed by atoms with Crippen molar-refractivity contribution in [3.05, 3.63) is 31.0 Å². The monoisotopic (exact) mass is 344 g/mol. The lowest BCUT2D eigenvalue weighted by molar-refractivity contribution is -0.149. The highest BCUT2D eigenvalue weighted by molar-refractivity contribution is 5.89. The first-order valence-corrected chi connectivity index (χ1v) is 8.21. The van der Waals surface area contributed by atoms with Crippen LogP contribution in [-0.2, 0) is 9.53 Å². The van der Waals surface area contributed by atoms with Crippen LogP contribution in [0.5, 0.6) is 0 Å². The smallest absolute Gasteiger partial charge is 0.321 e. The largest absolute Gasteiger partial charge is 0.466 e. The number of rotatable bonds is 4. The minimum atomic E-state index is -0.257. The van der Waals surface area contributed by atoms with Crippen molar-refractivity contribution in [1.29, 1.82) is 0 Å². The Bertz CT molecular complexity index is 716. The lowest BCUT2D eigenvalue weighted by Gasteiger charge is -2.31. The quantitative estimate of drug-likeness (QED) is 0.843. The van der Waals surface area contributed by atoms with Gasteiger partial charge in [-0.05, 0) is 31.9 Å². The van der Waals surface area contributed by atoms with Gasteiger partial charge in [0.2, 0.25) is 0 Å². The molecule has 1 fully saturated rings. The number of anilines is 1. The Kier molecular flexibility index (Phi) is 5.22. The van der Waals surface area contributed by atoms with E-state index in [-0.39, 0.29) is 17.9 Å². The maximum atomic E-state index is 12.4. The third-order valence-electron chi connectivity index (χ3n) is 3.98. The van der Waals surface area contributed by atoms with E-state index in [4.69, 9.17) is 4.74 Å². The van der Waals surface area contributed by atoms with Crippen LogP contribution in [0.15, 0.2) is 31.0 Å². The molecule has 25 heavy (non-hydrogen) atoms. The van der Waals surface area contributed by atoms with Crippen molar-refractivity contribution in [2.75, 3.05) is 25.0 Å². The molecule has 132 valence electrons. The van der Waals surface area contributed by atoms with Crippen LogP contribution in [0.25, 0.3) is 5.82 Å². The van der Waals surface area contributed by atoms with Gasteiger partial charge in [0.15, 0.2) is 5.82 Å². The first-order valence-electron chi connectivity index (χ1n) is 8.21. The van der Waals surface area contributed by atoms with Crippen LogP contribution < -0.4 is 5.32 Å². The Morgan fingerprint density at radius 2 is 2.28 bits per heavy atom. The molecule has 0 saturated carbocycles. The number of ether oxygens (including phenoxy) is 1. The summed E-state index contributed by atoms with van der Waals surface area (Å²) in [6, 6.07) is 3.24. The second-order valence-corrected chi connectivity index (χ2v) is 5.71. The lowest BCUT2D eigenvalue weighted by Crippen LogP contribution is -2.44. The zero-order valence-corrected chi connectivity index (χ0v) is 14.0. The van der Waals surface area contributed by atoms with Gasteiger partial charge in [-0.15, -0.1) is 0 Å². The van der Waals surface area contributed by atoms with E-state index in [1.165, 1.54) is 11.0 Å². The molecule has 1 aliphatic rings. The highest BCUT2D eigenvalue weighted by Crippen LogP contribution is 2.19. The van der Waals surface area contributed by atoms with Crippen LogP contribution in [0.1, 0.15) is 19.8 Å². The molecule has 0 aliphatic carbocycles. The number of nitrogens with one attached hydrogen (secondary N) is 1. The lowest BCUT2D eigenvalue weighted by atomic mass is 9.98. The molecular formula is C16H20N6O3. The highest BCUT2D eigenvalue weighted by atomic mass is 16.5. The van der Waals surface area contributed by atoms with Crippen molar-refractivity contribution in [2.24, 2.45) is 5.92 Å². The second-order valence-electron chi connectivity index (χ2n) is 5.71. The minimum Gasteiger partial charge on any atom is -0.466 e. The van der Waals surface area contributed by atoms with E-state index in [0.717, 1.165) is 12.8 Å². The molecule has 1 aliphatic heterocycles. The fourth-order valence-corrected chi connectivity index (χ4v) is 2.74. The van der Waals surface area contributed by atoms with Crippen LogP contribution in [-0.4, -0.2) is 56.3 Å². The van der Waals surface area contributed by atoms with Crippen LogP contribution in [0.2, 0.25) is 0 Å². The summed E-state index contributed by atoms with van der Waals surface area (Å²) < 4.78 is 6.58. The molecule has 0 radical (unpaired) electrons. The Balaban J connectivity index is 1.59. The number of amides is 2. The molecule has 1 saturated heterocycles. The number of pyridine rings is 1. The van der Waals surface area contributed by atoms with Gasteiger partial charge in [-0.1, -0.05) is 0 Å². The molecule has 1 N–H and O–H groups in total. The van der Waals surface area contributed by atoms with Crippen LogP contribution in [0.3, 0.4) is 0 Å². The standard InChI is InChI=1S/C16H20N6O3/c1-2-25-15(23)12-4-3-7-21(9-12)16(24)20-13-5-6-14(18-8-13)22-11-17-10-19-22/h5-6,8,10-12H,2-4,7,9H2,1H3,(H,20,24). The first-order chi connectivity index (χ1) is 12.2. The summed E-state index contributed by atoms with van der Waals surface area (Å²) in [7, 11) is 0. The Morgan fingerprint density at radius 1 is 1.40 bits per heavy atom. The number of carbonyl (C=O) groups is 2. The Labute approximate surface area is 145 Å². The van der Waals surface area contributed by atoms with E-state index in [1.54, 1.807) is 36.5 Å². The zero-order chi connectivity index (χ0) is 17.6. The van der Waals surface area contributed by atoms with Crippen LogP contribution in [0, 0.1) is 5.92 Å². The Morgan fingerprint density at radius 3 is 2.96 bits per heavy atom. The van der Waals surface area contributed by atoms with Gasteiger partial charge in [0.25, 0.3) is 0 Å². The molecule has 2 aromatic rings. The molecule has 1 unspecified atom stereocenters. The molecule has 1 atom stereocenters. The van der Waals surface area contributed by atoms with E-state index in [9.17, 15) is 9.59 Å². The number of hydrogen-bond donors (Lipinski definition) is 1. The maximum Gasteiger partial charge on any atom is 0.321 e. The predicted octanol–water partition coefficient (Wildman–Crippen LogP) is 1.47. The van der Waals surface area contributed by atoms with E-state index < -0.39 is 0 Å². The van der Waals surface area contributed by atoms with Gasteiger partial charge in [-0.2, -0.15) is 5.10 Å². The molecule has 0 aromatic carbocycles. The topological polar surface area (TPSA) is 102 Å². The Hall–Kier alpha value is -2.97. The zero-order valence-electron chi connectivity index (χ0n) is 14.0. The molecular weight excluding hydrogens is 324 g/mol. The summed E-state index contributed by atoms with van der Waals surface area (Å²) in [6.45, 7) is 3.12. The number of urea groups is 1. The maximum absolute atomic E-state index is 12.4. The van der Waals surface area contributed by atoms with E-state index in [0.29, 0.717) is 31.2 Å². The summed E-state index contributed by atoms with van der Waals surface area (Å²) in [4.78, 5) is 34.0. The highest BCUT2D eigenvalue weighted by Gasteiger charge is 2.29. The first kappa shape index (κ1) is 16.9. The van der Waals surface area contributed by atoms with Crippen molar-refractivity contribution < 1.29 is 14.3 Å². The SMILES string of the molecule is CCOC(=O)C1CCCN(C(=O)Nc2ccc(-n3cncn3)nc2)C1. The minimum absolute atomic E-state index is 0.237. The number of piperidine rings is 1. The van der Waals surface area contributed by atoms with Crippen molar-refractivity contribution in [1.82, 2.24) is 24.6 Å². The molecule has 3 heterocycles. The van der Waals surface area contributed by atoms with E-state index in [2.05, 4.69) is 20.4 Å². The number of hydrogen-bond acceptors (Lipinski definition) is 6. The molecule has 0 bridgehead atoms. The van der Waals surface area contributed by atoms with Crippen molar-refractivity contribution >= 4 is 17.7 Å². The molecule has 2 amide bonds. The van der Waals surface area contributed by atoms with Crippen molar-refractivity contribution in [3.63, 3.8) is 0 Å². The van der Waals surface area contributed by atoms with Crippen LogP contribution >= 0.6 is 0 Å². The second kappa shape index (κ2) is 7.73. The average Bonchev–Trinajstić information content (AvgIpc) is 3.17. The van der Waals surface area contributed by atoms with E-state index in [1.807, 2.05) is 0 Å². The van der Waals surface area contributed by atoms with Gasteiger partial charge in [-0.3, -0.25) is 4.79 Å². The molecule has 2 aromatic heterocycles. The van der Waals surface area contributed by atoms with Crippen molar-refractivity contribution in [2.45, 2.75) is 19.8 Å². The van der Waals surface area contributed by atoms with Crippen molar-refractivity contribution in [3.8, 4) is 5.82 Å². The van der Waals surface area contributed by atoms with Gasteiger partial charge in [-0.25, -0.2) is 19.4 Å². The van der Waals surface area contributed by atoms with Gasteiger partial charge in [0, 0.05) is 13.1 Å². The molecule has 0 spiro atoms. The summed E-state index contributed by atoms with van der Waals surface area (Å²) in [6.07, 6.45) is 6.05.